The Bertz CT molecular complexity index is 1120. The smallest absolute Gasteiger partial charge is 0.246 e. The number of amides is 1. The van der Waals surface area contributed by atoms with E-state index in [0.717, 1.165) is 62.9 Å². The van der Waals surface area contributed by atoms with Crippen LogP contribution in [0.4, 0.5) is 5.69 Å². The molecule has 0 radical (unpaired) electrons. The van der Waals surface area contributed by atoms with Crippen molar-refractivity contribution in [1.29, 1.82) is 0 Å². The topological polar surface area (TPSA) is 71.7 Å². The second-order valence-electron chi connectivity index (χ2n) is 9.77. The molecule has 0 N–H and O–H groups in total. The number of carbonyl (C=O) groups excluding carboxylic acids is 1. The van der Waals surface area contributed by atoms with Crippen molar-refractivity contribution in [1.82, 2.24) is 15.0 Å². The number of benzene rings is 2. The van der Waals surface area contributed by atoms with Gasteiger partial charge in [0.05, 0.1) is 13.0 Å². The first kappa shape index (κ1) is 23.4. The monoisotopic (exact) mass is 474 g/mol. The molecule has 2 aliphatic rings. The number of rotatable bonds is 7. The van der Waals surface area contributed by atoms with E-state index in [1.807, 2.05) is 29.2 Å². The van der Waals surface area contributed by atoms with Gasteiger partial charge < -0.3 is 19.1 Å². The SMILES string of the molecule is COc1ccc(-c2noc(CN(C(=O)C3CCCN(c4ccc(C)cc4)C3)C3CCCC3)n2)cc1. The average Bonchev–Trinajstić information content (AvgIpc) is 3.60. The summed E-state index contributed by atoms with van der Waals surface area (Å²) in [4.78, 5) is 22.9. The highest BCUT2D eigenvalue weighted by Gasteiger charge is 2.35. The van der Waals surface area contributed by atoms with E-state index in [1.165, 1.54) is 11.3 Å². The quantitative estimate of drug-likeness (QED) is 0.466. The lowest BCUT2D eigenvalue weighted by Gasteiger charge is -2.37. The van der Waals surface area contributed by atoms with Crippen LogP contribution in [0.5, 0.6) is 5.75 Å². The van der Waals surface area contributed by atoms with Crippen LogP contribution in [0.15, 0.2) is 53.1 Å². The number of anilines is 1. The molecule has 1 saturated heterocycles. The second-order valence-corrected chi connectivity index (χ2v) is 9.77. The molecule has 1 amide bonds. The number of methoxy groups -OCH3 is 1. The molecular formula is C28H34N4O3. The van der Waals surface area contributed by atoms with E-state index in [1.54, 1.807) is 7.11 Å². The number of aryl methyl sites for hydroxylation is 1. The van der Waals surface area contributed by atoms with Crippen molar-refractivity contribution >= 4 is 11.6 Å². The molecule has 35 heavy (non-hydrogen) atoms. The standard InChI is InChI=1S/C28H34N4O3/c1-20-9-13-23(14-10-20)31-17-5-6-22(18-31)28(33)32(24-7-3-4-8-24)19-26-29-27(30-35-26)21-11-15-25(34-2)16-12-21/h9-16,22,24H,3-8,17-19H2,1-2H3. The maximum atomic E-state index is 13.9. The molecule has 0 spiro atoms. The molecule has 2 heterocycles. The molecule has 184 valence electrons. The summed E-state index contributed by atoms with van der Waals surface area (Å²) in [6, 6.07) is 16.4. The van der Waals surface area contributed by atoms with Gasteiger partial charge >= 0.3 is 0 Å². The van der Waals surface area contributed by atoms with Crippen LogP contribution in [0, 0.1) is 12.8 Å². The van der Waals surface area contributed by atoms with E-state index in [-0.39, 0.29) is 17.9 Å². The van der Waals surface area contributed by atoms with E-state index in [2.05, 4.69) is 46.2 Å². The van der Waals surface area contributed by atoms with E-state index in [4.69, 9.17) is 9.26 Å². The zero-order chi connectivity index (χ0) is 24.2. The molecular weight excluding hydrogens is 440 g/mol. The number of nitrogens with zero attached hydrogens (tertiary/aromatic N) is 4. The van der Waals surface area contributed by atoms with Crippen LogP contribution < -0.4 is 9.64 Å². The second kappa shape index (κ2) is 10.5. The zero-order valence-electron chi connectivity index (χ0n) is 20.7. The molecule has 3 aromatic rings. The highest BCUT2D eigenvalue weighted by Crippen LogP contribution is 2.30. The molecule has 7 heteroatoms. The first-order valence-electron chi connectivity index (χ1n) is 12.7. The minimum atomic E-state index is -0.0189. The van der Waals surface area contributed by atoms with Gasteiger partial charge in [-0.2, -0.15) is 4.98 Å². The van der Waals surface area contributed by atoms with Crippen molar-refractivity contribution in [2.24, 2.45) is 5.92 Å². The molecule has 2 aromatic carbocycles. The Hall–Kier alpha value is -3.35. The van der Waals surface area contributed by atoms with Crippen LogP contribution >= 0.6 is 0 Å². The van der Waals surface area contributed by atoms with E-state index >= 15 is 0 Å². The van der Waals surface area contributed by atoms with E-state index in [0.29, 0.717) is 18.3 Å². The third kappa shape index (κ3) is 5.34. The zero-order valence-corrected chi connectivity index (χ0v) is 20.7. The fourth-order valence-electron chi connectivity index (χ4n) is 5.33. The van der Waals surface area contributed by atoms with Crippen molar-refractivity contribution in [3.8, 4) is 17.1 Å². The molecule has 1 unspecified atom stereocenters. The summed E-state index contributed by atoms with van der Waals surface area (Å²) in [6.45, 7) is 4.22. The third-order valence-corrected chi connectivity index (χ3v) is 7.34. The van der Waals surface area contributed by atoms with Crippen LogP contribution in [-0.4, -0.2) is 47.2 Å². The Labute approximate surface area is 207 Å². The Kier molecular flexibility index (Phi) is 7.02. The average molecular weight is 475 g/mol. The number of ether oxygens (including phenoxy) is 1. The fraction of sp³-hybridized carbons (Fsp3) is 0.464. The largest absolute Gasteiger partial charge is 0.497 e. The van der Waals surface area contributed by atoms with Crippen molar-refractivity contribution in [2.45, 2.75) is 58.0 Å². The lowest BCUT2D eigenvalue weighted by atomic mass is 9.95. The Morgan fingerprint density at radius 1 is 1.06 bits per heavy atom. The Morgan fingerprint density at radius 3 is 2.51 bits per heavy atom. The normalized spacial score (nSPS) is 18.6. The van der Waals surface area contributed by atoms with Gasteiger partial charge in [-0.15, -0.1) is 0 Å². The third-order valence-electron chi connectivity index (χ3n) is 7.34. The van der Waals surface area contributed by atoms with E-state index in [9.17, 15) is 4.79 Å². The number of carbonyl (C=O) groups is 1. The summed E-state index contributed by atoms with van der Waals surface area (Å²) in [5.74, 6) is 2.00. The van der Waals surface area contributed by atoms with Gasteiger partial charge in [-0.3, -0.25) is 4.79 Å². The number of aromatic nitrogens is 2. The number of piperidine rings is 1. The highest BCUT2D eigenvalue weighted by molar-refractivity contribution is 5.80. The predicted molar refractivity (Wildman–Crippen MR) is 135 cm³/mol. The molecule has 7 nitrogen and oxygen atoms in total. The van der Waals surface area contributed by atoms with Crippen LogP contribution in [0.2, 0.25) is 0 Å². The van der Waals surface area contributed by atoms with Crippen LogP contribution in [-0.2, 0) is 11.3 Å². The first-order chi connectivity index (χ1) is 17.1. The lowest BCUT2D eigenvalue weighted by Crippen LogP contribution is -2.47. The summed E-state index contributed by atoms with van der Waals surface area (Å²) in [6.07, 6.45) is 6.35. The number of hydrogen-bond acceptors (Lipinski definition) is 6. The van der Waals surface area contributed by atoms with Crippen molar-refractivity contribution in [3.63, 3.8) is 0 Å². The minimum absolute atomic E-state index is 0.0189. The molecule has 0 bridgehead atoms. The van der Waals surface area contributed by atoms with Crippen molar-refractivity contribution in [2.75, 3.05) is 25.1 Å². The summed E-state index contributed by atoms with van der Waals surface area (Å²) in [7, 11) is 1.64. The van der Waals surface area contributed by atoms with Crippen LogP contribution in [0.1, 0.15) is 50.0 Å². The Morgan fingerprint density at radius 2 is 1.80 bits per heavy atom. The first-order valence-corrected chi connectivity index (χ1v) is 12.7. The van der Waals surface area contributed by atoms with Crippen LogP contribution in [0.25, 0.3) is 11.4 Å². The maximum Gasteiger partial charge on any atom is 0.246 e. The highest BCUT2D eigenvalue weighted by atomic mass is 16.5. The van der Waals surface area contributed by atoms with Gasteiger partial charge in [0.2, 0.25) is 17.6 Å². The van der Waals surface area contributed by atoms with Crippen molar-refractivity contribution < 1.29 is 14.1 Å². The molecule has 5 rings (SSSR count). The lowest BCUT2D eigenvalue weighted by molar-refractivity contribution is -0.139. The van der Waals surface area contributed by atoms with Gasteiger partial charge in [0.15, 0.2) is 0 Å². The summed E-state index contributed by atoms with van der Waals surface area (Å²) < 4.78 is 10.8. The van der Waals surface area contributed by atoms with E-state index < -0.39 is 0 Å². The predicted octanol–water partition coefficient (Wildman–Crippen LogP) is 5.24. The number of hydrogen-bond donors (Lipinski definition) is 0. The van der Waals surface area contributed by atoms with Crippen LogP contribution in [0.3, 0.4) is 0 Å². The van der Waals surface area contributed by atoms with Crippen molar-refractivity contribution in [3.05, 3.63) is 60.0 Å². The fourth-order valence-corrected chi connectivity index (χ4v) is 5.33. The Balaban J connectivity index is 1.31. The molecule has 1 aliphatic carbocycles. The molecule has 1 aliphatic heterocycles. The summed E-state index contributed by atoms with van der Waals surface area (Å²) in [5, 5.41) is 4.18. The van der Waals surface area contributed by atoms with Gasteiger partial charge in [-0.1, -0.05) is 35.7 Å². The summed E-state index contributed by atoms with van der Waals surface area (Å²) in [5.41, 5.74) is 3.31. The van der Waals surface area contributed by atoms with Gasteiger partial charge in [0, 0.05) is 30.4 Å². The molecule has 1 saturated carbocycles. The molecule has 1 aromatic heterocycles. The molecule has 1 atom stereocenters. The van der Waals surface area contributed by atoms with Gasteiger partial charge in [-0.05, 0) is 69.0 Å². The van der Waals surface area contributed by atoms with Gasteiger partial charge in [0.25, 0.3) is 0 Å². The molecule has 2 fully saturated rings. The summed E-state index contributed by atoms with van der Waals surface area (Å²) >= 11 is 0. The maximum absolute atomic E-state index is 13.9. The van der Waals surface area contributed by atoms with Gasteiger partial charge in [-0.25, -0.2) is 0 Å². The minimum Gasteiger partial charge on any atom is -0.497 e. The van der Waals surface area contributed by atoms with Gasteiger partial charge in [0.1, 0.15) is 12.3 Å².